The van der Waals surface area contributed by atoms with Gasteiger partial charge in [-0.3, -0.25) is 0 Å². The van der Waals surface area contributed by atoms with Gasteiger partial charge >= 0.3 is 0 Å². The van der Waals surface area contributed by atoms with E-state index in [1.54, 1.807) is 6.07 Å². The molecule has 0 bridgehead atoms. The zero-order valence-electron chi connectivity index (χ0n) is 9.34. The van der Waals surface area contributed by atoms with Gasteiger partial charge in [0.25, 0.3) is 0 Å². The molecule has 0 saturated heterocycles. The first-order valence-corrected chi connectivity index (χ1v) is 6.18. The minimum absolute atomic E-state index is 0.240. The summed E-state index contributed by atoms with van der Waals surface area (Å²) in [5.74, 6) is 0. The van der Waals surface area contributed by atoms with Gasteiger partial charge in [0.05, 0.1) is 10.0 Å². The van der Waals surface area contributed by atoms with Crippen molar-refractivity contribution in [3.63, 3.8) is 0 Å². The first kappa shape index (κ1) is 13.8. The second-order valence-electron chi connectivity index (χ2n) is 3.86. The number of halogens is 2. The van der Waals surface area contributed by atoms with E-state index < -0.39 is 0 Å². The summed E-state index contributed by atoms with van der Waals surface area (Å²) in [7, 11) is 0. The maximum atomic E-state index is 8.71. The van der Waals surface area contributed by atoms with Crippen LogP contribution in [0.2, 0.25) is 10.0 Å². The van der Waals surface area contributed by atoms with Crippen LogP contribution in [0.25, 0.3) is 0 Å². The topological polar surface area (TPSA) is 32.3 Å². The standard InChI is InChI=1S/C12H17Cl2NO/c1-9(4-3-7-16)15-8-10-5-2-6-11(13)12(10)14/h2,5-6,9,15-16H,3-4,7-8H2,1H3. The van der Waals surface area contributed by atoms with Crippen LogP contribution in [0.15, 0.2) is 18.2 Å². The maximum absolute atomic E-state index is 8.71. The van der Waals surface area contributed by atoms with Crippen molar-refractivity contribution in [2.75, 3.05) is 6.61 Å². The fraction of sp³-hybridized carbons (Fsp3) is 0.500. The summed E-state index contributed by atoms with van der Waals surface area (Å²) in [6, 6.07) is 5.99. The van der Waals surface area contributed by atoms with E-state index in [0.29, 0.717) is 22.6 Å². The summed E-state index contributed by atoms with van der Waals surface area (Å²) in [4.78, 5) is 0. The molecule has 0 radical (unpaired) electrons. The summed E-state index contributed by atoms with van der Waals surface area (Å²) in [6.45, 7) is 3.03. The SMILES string of the molecule is CC(CCCO)NCc1cccc(Cl)c1Cl. The molecule has 0 fully saturated rings. The number of hydrogen-bond donors (Lipinski definition) is 2. The van der Waals surface area contributed by atoms with Crippen molar-refractivity contribution in [3.05, 3.63) is 33.8 Å². The zero-order valence-corrected chi connectivity index (χ0v) is 10.9. The first-order chi connectivity index (χ1) is 7.65. The Labute approximate surface area is 107 Å². The van der Waals surface area contributed by atoms with E-state index in [9.17, 15) is 0 Å². The molecular weight excluding hydrogens is 245 g/mol. The molecule has 0 spiro atoms. The summed E-state index contributed by atoms with van der Waals surface area (Å²) in [5.41, 5.74) is 1.00. The lowest BCUT2D eigenvalue weighted by molar-refractivity contribution is 0.276. The fourth-order valence-electron chi connectivity index (χ4n) is 1.47. The molecule has 1 unspecified atom stereocenters. The van der Waals surface area contributed by atoms with Crippen molar-refractivity contribution in [1.82, 2.24) is 5.32 Å². The van der Waals surface area contributed by atoms with Crippen molar-refractivity contribution < 1.29 is 5.11 Å². The van der Waals surface area contributed by atoms with Crippen LogP contribution in [0.3, 0.4) is 0 Å². The van der Waals surface area contributed by atoms with Crippen molar-refractivity contribution in [2.24, 2.45) is 0 Å². The van der Waals surface area contributed by atoms with Crippen LogP contribution in [0.4, 0.5) is 0 Å². The summed E-state index contributed by atoms with van der Waals surface area (Å²) in [5, 5.41) is 13.3. The van der Waals surface area contributed by atoms with E-state index in [4.69, 9.17) is 28.3 Å². The molecule has 16 heavy (non-hydrogen) atoms. The van der Waals surface area contributed by atoms with E-state index in [-0.39, 0.29) is 6.61 Å². The Kier molecular flexibility index (Phi) is 6.14. The van der Waals surface area contributed by atoms with E-state index in [0.717, 1.165) is 18.4 Å². The van der Waals surface area contributed by atoms with Gasteiger partial charge in [-0.15, -0.1) is 0 Å². The zero-order chi connectivity index (χ0) is 12.0. The van der Waals surface area contributed by atoms with Crippen LogP contribution < -0.4 is 5.32 Å². The van der Waals surface area contributed by atoms with Gasteiger partial charge in [0, 0.05) is 19.2 Å². The maximum Gasteiger partial charge on any atom is 0.0637 e. The van der Waals surface area contributed by atoms with Gasteiger partial charge in [-0.25, -0.2) is 0 Å². The molecule has 0 aliphatic carbocycles. The average Bonchev–Trinajstić information content (AvgIpc) is 2.28. The Bertz CT molecular complexity index is 331. The number of nitrogens with one attached hydrogen (secondary N) is 1. The third kappa shape index (κ3) is 4.30. The van der Waals surface area contributed by atoms with Crippen molar-refractivity contribution in [1.29, 1.82) is 0 Å². The molecule has 0 aromatic heterocycles. The quantitative estimate of drug-likeness (QED) is 0.824. The lowest BCUT2D eigenvalue weighted by Crippen LogP contribution is -2.25. The van der Waals surface area contributed by atoms with E-state index >= 15 is 0 Å². The monoisotopic (exact) mass is 261 g/mol. The summed E-state index contributed by atoms with van der Waals surface area (Å²) >= 11 is 12.0. The lowest BCUT2D eigenvalue weighted by Gasteiger charge is -2.14. The number of aliphatic hydroxyl groups is 1. The predicted octanol–water partition coefficient (Wildman–Crippen LogP) is 3.24. The molecule has 1 rings (SSSR count). The number of hydrogen-bond acceptors (Lipinski definition) is 2. The minimum Gasteiger partial charge on any atom is -0.396 e. The van der Waals surface area contributed by atoms with Crippen molar-refractivity contribution in [3.8, 4) is 0 Å². The van der Waals surface area contributed by atoms with Crippen LogP contribution in [0.1, 0.15) is 25.3 Å². The van der Waals surface area contributed by atoms with Crippen LogP contribution >= 0.6 is 23.2 Å². The van der Waals surface area contributed by atoms with Gasteiger partial charge < -0.3 is 10.4 Å². The number of aliphatic hydroxyl groups excluding tert-OH is 1. The molecule has 2 N–H and O–H groups in total. The van der Waals surface area contributed by atoms with Crippen LogP contribution in [-0.4, -0.2) is 17.8 Å². The molecule has 0 heterocycles. The van der Waals surface area contributed by atoms with Gasteiger partial charge in [0.1, 0.15) is 0 Å². The molecule has 1 aromatic carbocycles. The Morgan fingerprint density at radius 3 is 2.81 bits per heavy atom. The van der Waals surface area contributed by atoms with E-state index in [2.05, 4.69) is 12.2 Å². The number of rotatable bonds is 6. The molecule has 0 aliphatic rings. The van der Waals surface area contributed by atoms with Gasteiger partial charge in [-0.2, -0.15) is 0 Å². The average molecular weight is 262 g/mol. The Morgan fingerprint density at radius 1 is 1.38 bits per heavy atom. The normalized spacial score (nSPS) is 12.8. The highest BCUT2D eigenvalue weighted by Crippen LogP contribution is 2.25. The molecule has 0 saturated carbocycles. The molecule has 0 amide bonds. The molecule has 4 heteroatoms. The molecule has 90 valence electrons. The van der Waals surface area contributed by atoms with Gasteiger partial charge in [-0.1, -0.05) is 35.3 Å². The van der Waals surface area contributed by atoms with E-state index in [1.807, 2.05) is 12.1 Å². The van der Waals surface area contributed by atoms with Crippen molar-refractivity contribution in [2.45, 2.75) is 32.4 Å². The highest BCUT2D eigenvalue weighted by atomic mass is 35.5. The van der Waals surface area contributed by atoms with Crippen LogP contribution in [0, 0.1) is 0 Å². The molecule has 0 aliphatic heterocycles. The smallest absolute Gasteiger partial charge is 0.0637 e. The first-order valence-electron chi connectivity index (χ1n) is 5.42. The second-order valence-corrected chi connectivity index (χ2v) is 4.65. The molecule has 2 nitrogen and oxygen atoms in total. The summed E-state index contributed by atoms with van der Waals surface area (Å²) in [6.07, 6.45) is 1.77. The van der Waals surface area contributed by atoms with Crippen LogP contribution in [-0.2, 0) is 6.54 Å². The molecule has 1 aromatic rings. The summed E-state index contributed by atoms with van der Waals surface area (Å²) < 4.78 is 0. The second kappa shape index (κ2) is 7.13. The van der Waals surface area contributed by atoms with Gasteiger partial charge in [0.2, 0.25) is 0 Å². The number of benzene rings is 1. The Balaban J connectivity index is 2.45. The minimum atomic E-state index is 0.240. The van der Waals surface area contributed by atoms with Gasteiger partial charge in [-0.05, 0) is 31.4 Å². The molecule has 1 atom stereocenters. The third-order valence-corrected chi connectivity index (χ3v) is 3.33. The molecular formula is C12H17Cl2NO. The predicted molar refractivity (Wildman–Crippen MR) is 69.1 cm³/mol. The highest BCUT2D eigenvalue weighted by molar-refractivity contribution is 6.42. The third-order valence-electron chi connectivity index (χ3n) is 2.47. The highest BCUT2D eigenvalue weighted by Gasteiger charge is 2.06. The van der Waals surface area contributed by atoms with E-state index in [1.165, 1.54) is 0 Å². The Hall–Kier alpha value is -0.280. The fourth-order valence-corrected chi connectivity index (χ4v) is 1.86. The lowest BCUT2D eigenvalue weighted by atomic mass is 10.1. The largest absolute Gasteiger partial charge is 0.396 e. The van der Waals surface area contributed by atoms with Crippen molar-refractivity contribution >= 4 is 23.2 Å². The van der Waals surface area contributed by atoms with Gasteiger partial charge in [0.15, 0.2) is 0 Å². The van der Waals surface area contributed by atoms with Crippen LogP contribution in [0.5, 0.6) is 0 Å². The Morgan fingerprint density at radius 2 is 2.12 bits per heavy atom.